The van der Waals surface area contributed by atoms with Crippen molar-refractivity contribution >= 4 is 18.3 Å². The summed E-state index contributed by atoms with van der Waals surface area (Å²) >= 11 is 0. The van der Waals surface area contributed by atoms with Crippen LogP contribution in [-0.4, -0.2) is 30.4 Å². The number of amides is 1. The van der Waals surface area contributed by atoms with E-state index in [0.29, 0.717) is 18.2 Å². The summed E-state index contributed by atoms with van der Waals surface area (Å²) in [5.74, 6) is 1.06. The van der Waals surface area contributed by atoms with Crippen LogP contribution in [0, 0.1) is 19.8 Å². The zero-order valence-electron chi connectivity index (χ0n) is 15.0. The Morgan fingerprint density at radius 2 is 2.08 bits per heavy atom. The highest BCUT2D eigenvalue weighted by Gasteiger charge is 2.29. The van der Waals surface area contributed by atoms with Gasteiger partial charge in [0.05, 0.1) is 6.04 Å². The molecule has 2 fully saturated rings. The molecule has 2 saturated heterocycles. The van der Waals surface area contributed by atoms with Crippen molar-refractivity contribution in [2.45, 2.75) is 58.4 Å². The van der Waals surface area contributed by atoms with Gasteiger partial charge in [0, 0.05) is 13.0 Å². The van der Waals surface area contributed by atoms with Crippen LogP contribution in [0.15, 0.2) is 18.2 Å². The van der Waals surface area contributed by atoms with Gasteiger partial charge in [0.25, 0.3) is 0 Å². The summed E-state index contributed by atoms with van der Waals surface area (Å²) in [6, 6.07) is 6.82. The molecular formula is C20H31ClN2O. The van der Waals surface area contributed by atoms with Crippen LogP contribution >= 0.6 is 12.4 Å². The van der Waals surface area contributed by atoms with Crippen LogP contribution in [0.4, 0.5) is 0 Å². The molecule has 2 aliphatic heterocycles. The van der Waals surface area contributed by atoms with E-state index in [4.69, 9.17) is 0 Å². The normalized spacial score (nSPS) is 23.8. The van der Waals surface area contributed by atoms with Crippen LogP contribution in [-0.2, 0) is 4.79 Å². The first kappa shape index (κ1) is 19.3. The van der Waals surface area contributed by atoms with Gasteiger partial charge in [-0.25, -0.2) is 0 Å². The summed E-state index contributed by atoms with van der Waals surface area (Å²) in [7, 11) is 0. The third kappa shape index (κ3) is 4.31. The second-order valence-corrected chi connectivity index (χ2v) is 7.29. The van der Waals surface area contributed by atoms with Gasteiger partial charge in [-0.1, -0.05) is 18.2 Å². The standard InChI is InChI=1S/C20H30N2O.ClH/c1-15-6-5-7-18(16(15)2)19-8-3-4-13-22(19)20(23)10-9-17-11-12-21-14-17;/h5-7,17,19,21H,3-4,8-14H2,1-2H3;1H. The van der Waals surface area contributed by atoms with Crippen LogP contribution in [0.1, 0.15) is 61.3 Å². The van der Waals surface area contributed by atoms with Crippen LogP contribution in [0.25, 0.3) is 0 Å². The van der Waals surface area contributed by atoms with Gasteiger partial charge in [0.2, 0.25) is 5.91 Å². The number of carbonyl (C=O) groups excluding carboxylic acids is 1. The van der Waals surface area contributed by atoms with Crippen molar-refractivity contribution in [2.75, 3.05) is 19.6 Å². The Bertz CT molecular complexity index is 555. The number of benzene rings is 1. The number of carbonyl (C=O) groups is 1. The highest BCUT2D eigenvalue weighted by molar-refractivity contribution is 5.85. The Labute approximate surface area is 152 Å². The molecule has 2 aliphatic rings. The number of rotatable bonds is 4. The van der Waals surface area contributed by atoms with Gasteiger partial charge in [-0.2, -0.15) is 0 Å². The molecule has 0 bridgehead atoms. The largest absolute Gasteiger partial charge is 0.336 e. The zero-order chi connectivity index (χ0) is 16.2. The fourth-order valence-electron chi connectivity index (χ4n) is 4.12. The van der Waals surface area contributed by atoms with Gasteiger partial charge in [-0.05, 0) is 81.6 Å². The fourth-order valence-corrected chi connectivity index (χ4v) is 4.12. The van der Waals surface area contributed by atoms with E-state index in [9.17, 15) is 4.79 Å². The molecule has 3 nitrogen and oxygen atoms in total. The molecule has 3 rings (SSSR count). The van der Waals surface area contributed by atoms with E-state index in [-0.39, 0.29) is 18.4 Å². The minimum absolute atomic E-state index is 0. The van der Waals surface area contributed by atoms with E-state index in [1.165, 1.54) is 29.5 Å². The second kappa shape index (κ2) is 8.87. The maximum Gasteiger partial charge on any atom is 0.223 e. The number of halogens is 1. The summed E-state index contributed by atoms with van der Waals surface area (Å²) in [5, 5.41) is 3.40. The molecule has 0 spiro atoms. The number of likely N-dealkylation sites (tertiary alicyclic amines) is 1. The van der Waals surface area contributed by atoms with Crippen molar-refractivity contribution in [2.24, 2.45) is 5.92 Å². The summed E-state index contributed by atoms with van der Waals surface area (Å²) in [4.78, 5) is 15.0. The topological polar surface area (TPSA) is 32.3 Å². The van der Waals surface area contributed by atoms with Gasteiger partial charge in [0.15, 0.2) is 0 Å². The molecule has 4 heteroatoms. The Hall–Kier alpha value is -1.06. The van der Waals surface area contributed by atoms with Gasteiger partial charge in [-0.3, -0.25) is 4.79 Å². The van der Waals surface area contributed by atoms with E-state index in [1.807, 2.05) is 0 Å². The fraction of sp³-hybridized carbons (Fsp3) is 0.650. The highest BCUT2D eigenvalue weighted by Crippen LogP contribution is 2.34. The van der Waals surface area contributed by atoms with Crippen molar-refractivity contribution < 1.29 is 4.79 Å². The predicted molar refractivity (Wildman–Crippen MR) is 102 cm³/mol. The number of nitrogens with one attached hydrogen (secondary N) is 1. The first-order valence-electron chi connectivity index (χ1n) is 9.23. The molecule has 2 atom stereocenters. The molecular weight excluding hydrogens is 320 g/mol. The van der Waals surface area contributed by atoms with Gasteiger partial charge in [-0.15, -0.1) is 12.4 Å². The number of piperidine rings is 1. The smallest absolute Gasteiger partial charge is 0.223 e. The first-order valence-corrected chi connectivity index (χ1v) is 9.23. The minimum atomic E-state index is 0. The number of aryl methyl sites for hydroxylation is 1. The third-order valence-electron chi connectivity index (χ3n) is 5.76. The Morgan fingerprint density at radius 3 is 2.83 bits per heavy atom. The molecule has 2 unspecified atom stereocenters. The maximum atomic E-state index is 12.8. The lowest BCUT2D eigenvalue weighted by Crippen LogP contribution is -2.39. The lowest BCUT2D eigenvalue weighted by molar-refractivity contribution is -0.135. The molecule has 1 N–H and O–H groups in total. The summed E-state index contributed by atoms with van der Waals surface area (Å²) in [6.07, 6.45) is 6.48. The molecule has 0 aromatic heterocycles. The molecule has 134 valence electrons. The van der Waals surface area contributed by atoms with Crippen molar-refractivity contribution in [1.82, 2.24) is 10.2 Å². The molecule has 1 amide bonds. The number of nitrogens with zero attached hydrogens (tertiary/aromatic N) is 1. The molecule has 0 saturated carbocycles. The Kier molecular flexibility index (Phi) is 7.12. The summed E-state index contributed by atoms with van der Waals surface area (Å²) in [6.45, 7) is 7.51. The van der Waals surface area contributed by atoms with Crippen molar-refractivity contribution in [3.05, 3.63) is 34.9 Å². The summed E-state index contributed by atoms with van der Waals surface area (Å²) in [5.41, 5.74) is 4.05. The lowest BCUT2D eigenvalue weighted by Gasteiger charge is -2.37. The molecule has 0 aliphatic carbocycles. The molecule has 2 heterocycles. The molecule has 1 aromatic carbocycles. The quantitative estimate of drug-likeness (QED) is 0.883. The lowest BCUT2D eigenvalue weighted by atomic mass is 9.90. The maximum absolute atomic E-state index is 12.8. The molecule has 1 aromatic rings. The minimum Gasteiger partial charge on any atom is -0.336 e. The summed E-state index contributed by atoms with van der Waals surface area (Å²) < 4.78 is 0. The van der Waals surface area contributed by atoms with Gasteiger partial charge in [0.1, 0.15) is 0 Å². The van der Waals surface area contributed by atoms with Crippen LogP contribution < -0.4 is 5.32 Å². The average Bonchev–Trinajstić information content (AvgIpc) is 3.09. The predicted octanol–water partition coefficient (Wildman–Crippen LogP) is 4.17. The van der Waals surface area contributed by atoms with E-state index in [0.717, 1.165) is 38.9 Å². The average molecular weight is 351 g/mol. The van der Waals surface area contributed by atoms with Crippen molar-refractivity contribution in [3.8, 4) is 0 Å². The highest BCUT2D eigenvalue weighted by atomic mass is 35.5. The Morgan fingerprint density at radius 1 is 1.25 bits per heavy atom. The van der Waals surface area contributed by atoms with E-state index >= 15 is 0 Å². The third-order valence-corrected chi connectivity index (χ3v) is 5.76. The monoisotopic (exact) mass is 350 g/mol. The molecule has 0 radical (unpaired) electrons. The van der Waals surface area contributed by atoms with E-state index in [2.05, 4.69) is 42.3 Å². The van der Waals surface area contributed by atoms with Crippen molar-refractivity contribution in [1.29, 1.82) is 0 Å². The molecule has 24 heavy (non-hydrogen) atoms. The van der Waals surface area contributed by atoms with Crippen LogP contribution in [0.2, 0.25) is 0 Å². The SMILES string of the molecule is Cc1cccc(C2CCCCN2C(=O)CCC2CCNC2)c1C.Cl. The number of hydrogen-bond acceptors (Lipinski definition) is 2. The van der Waals surface area contributed by atoms with Crippen LogP contribution in [0.3, 0.4) is 0 Å². The number of hydrogen-bond donors (Lipinski definition) is 1. The Balaban J connectivity index is 0.00000208. The second-order valence-electron chi connectivity index (χ2n) is 7.29. The zero-order valence-corrected chi connectivity index (χ0v) is 15.8. The van der Waals surface area contributed by atoms with Gasteiger partial charge >= 0.3 is 0 Å². The van der Waals surface area contributed by atoms with Crippen LogP contribution in [0.5, 0.6) is 0 Å². The van der Waals surface area contributed by atoms with E-state index < -0.39 is 0 Å². The first-order chi connectivity index (χ1) is 11.2. The van der Waals surface area contributed by atoms with Gasteiger partial charge < -0.3 is 10.2 Å². The van der Waals surface area contributed by atoms with E-state index in [1.54, 1.807) is 0 Å². The van der Waals surface area contributed by atoms with Crippen molar-refractivity contribution in [3.63, 3.8) is 0 Å².